The van der Waals surface area contributed by atoms with E-state index in [2.05, 4.69) is 6.08 Å². The first-order valence-corrected chi connectivity index (χ1v) is 4.53. The van der Waals surface area contributed by atoms with Crippen molar-refractivity contribution < 1.29 is 4.79 Å². The second kappa shape index (κ2) is 3.74. The van der Waals surface area contributed by atoms with E-state index in [1.807, 2.05) is 21.0 Å². The Labute approximate surface area is 74.2 Å². The smallest absolute Gasteiger partial charge is 0.228 e. The Hall–Kier alpha value is -0.790. The van der Waals surface area contributed by atoms with Crippen LogP contribution in [0.25, 0.3) is 0 Å². The number of rotatable bonds is 2. The summed E-state index contributed by atoms with van der Waals surface area (Å²) in [5.74, 6) is 0.325. The Kier molecular flexibility index (Phi) is 2.90. The molecular weight excluding hydrogens is 150 g/mol. The van der Waals surface area contributed by atoms with Crippen LogP contribution in [0.15, 0.2) is 11.6 Å². The Bertz CT molecular complexity index is 206. The van der Waals surface area contributed by atoms with Gasteiger partial charge in [0.15, 0.2) is 0 Å². The number of allylic oxidation sites excluding steroid dienone is 1. The van der Waals surface area contributed by atoms with E-state index >= 15 is 0 Å². The minimum Gasteiger partial charge on any atom is -0.348 e. The third-order valence-corrected chi connectivity index (χ3v) is 2.44. The number of carbonyl (C=O) groups is 1. The predicted octanol–water partition coefficient (Wildman–Crippen LogP) is 1.82. The van der Waals surface area contributed by atoms with Gasteiger partial charge < -0.3 is 4.90 Å². The maximum Gasteiger partial charge on any atom is 0.228 e. The van der Waals surface area contributed by atoms with Gasteiger partial charge in [-0.25, -0.2) is 0 Å². The summed E-state index contributed by atoms with van der Waals surface area (Å²) >= 11 is 0. The Morgan fingerprint density at radius 2 is 2.25 bits per heavy atom. The Balaban J connectivity index is 2.57. The highest BCUT2D eigenvalue weighted by atomic mass is 16.2. The lowest BCUT2D eigenvalue weighted by molar-refractivity contribution is -0.131. The molecule has 0 bridgehead atoms. The molecule has 0 aliphatic heterocycles. The van der Waals surface area contributed by atoms with Crippen molar-refractivity contribution in [1.82, 2.24) is 4.90 Å². The first-order valence-electron chi connectivity index (χ1n) is 4.53. The summed E-state index contributed by atoms with van der Waals surface area (Å²) in [5, 5.41) is 0. The third-order valence-electron chi connectivity index (χ3n) is 2.44. The van der Waals surface area contributed by atoms with E-state index in [0.717, 1.165) is 12.8 Å². The highest BCUT2D eigenvalue weighted by Gasteiger charge is 2.20. The molecule has 2 nitrogen and oxygen atoms in total. The van der Waals surface area contributed by atoms with Crippen LogP contribution in [0.3, 0.4) is 0 Å². The van der Waals surface area contributed by atoms with Crippen LogP contribution in [0.2, 0.25) is 0 Å². The molecule has 12 heavy (non-hydrogen) atoms. The van der Waals surface area contributed by atoms with Crippen molar-refractivity contribution in [2.75, 3.05) is 14.1 Å². The Morgan fingerprint density at radius 1 is 1.58 bits per heavy atom. The third kappa shape index (κ3) is 1.87. The fourth-order valence-electron chi connectivity index (χ4n) is 1.63. The lowest BCUT2D eigenvalue weighted by atomic mass is 9.99. The molecule has 1 aliphatic rings. The molecule has 0 aromatic carbocycles. The molecule has 0 saturated carbocycles. The van der Waals surface area contributed by atoms with Crippen molar-refractivity contribution in [1.29, 1.82) is 0 Å². The molecule has 1 atom stereocenters. The van der Waals surface area contributed by atoms with E-state index < -0.39 is 0 Å². The molecule has 0 N–H and O–H groups in total. The number of carbonyl (C=O) groups excluding carboxylic acids is 1. The topological polar surface area (TPSA) is 20.3 Å². The van der Waals surface area contributed by atoms with Crippen molar-refractivity contribution in [3.05, 3.63) is 11.6 Å². The SMILES string of the molecule is CC(C(=O)N(C)C)C1=CCCC1. The normalized spacial score (nSPS) is 18.8. The highest BCUT2D eigenvalue weighted by Crippen LogP contribution is 2.25. The van der Waals surface area contributed by atoms with E-state index in [1.54, 1.807) is 4.90 Å². The minimum absolute atomic E-state index is 0.0995. The molecule has 1 amide bonds. The molecule has 0 aromatic heterocycles. The predicted molar refractivity (Wildman–Crippen MR) is 49.8 cm³/mol. The van der Waals surface area contributed by atoms with Crippen LogP contribution in [0.4, 0.5) is 0 Å². The molecule has 0 heterocycles. The number of hydrogen-bond acceptors (Lipinski definition) is 1. The maximum absolute atomic E-state index is 11.5. The summed E-state index contributed by atoms with van der Waals surface area (Å²) < 4.78 is 0. The van der Waals surface area contributed by atoms with Gasteiger partial charge in [-0.1, -0.05) is 11.6 Å². The number of amides is 1. The first-order chi connectivity index (χ1) is 5.63. The molecule has 0 saturated heterocycles. The van der Waals surface area contributed by atoms with Gasteiger partial charge >= 0.3 is 0 Å². The monoisotopic (exact) mass is 167 g/mol. The van der Waals surface area contributed by atoms with Gasteiger partial charge in [0.25, 0.3) is 0 Å². The lowest BCUT2D eigenvalue weighted by Gasteiger charge is -2.17. The molecule has 0 aromatic rings. The molecule has 0 radical (unpaired) electrons. The zero-order chi connectivity index (χ0) is 9.14. The summed E-state index contributed by atoms with van der Waals surface area (Å²) in [7, 11) is 3.63. The standard InChI is InChI=1S/C10H17NO/c1-8(10(12)11(2)3)9-6-4-5-7-9/h6,8H,4-5,7H2,1-3H3. The zero-order valence-electron chi connectivity index (χ0n) is 8.13. The largest absolute Gasteiger partial charge is 0.348 e. The molecule has 2 heteroatoms. The second-order valence-electron chi connectivity index (χ2n) is 3.63. The van der Waals surface area contributed by atoms with Crippen molar-refractivity contribution >= 4 is 5.91 Å². The van der Waals surface area contributed by atoms with Gasteiger partial charge in [-0.05, 0) is 26.2 Å². The van der Waals surface area contributed by atoms with Gasteiger partial charge in [0.05, 0.1) is 5.92 Å². The first kappa shape index (κ1) is 9.30. The second-order valence-corrected chi connectivity index (χ2v) is 3.63. The maximum atomic E-state index is 11.5. The van der Waals surface area contributed by atoms with E-state index in [-0.39, 0.29) is 11.8 Å². The van der Waals surface area contributed by atoms with Crippen LogP contribution in [0, 0.1) is 5.92 Å². The van der Waals surface area contributed by atoms with E-state index in [9.17, 15) is 4.79 Å². The van der Waals surface area contributed by atoms with Crippen molar-refractivity contribution in [3.8, 4) is 0 Å². The van der Waals surface area contributed by atoms with Gasteiger partial charge in [-0.15, -0.1) is 0 Å². The molecule has 1 aliphatic carbocycles. The van der Waals surface area contributed by atoms with Crippen LogP contribution < -0.4 is 0 Å². The molecule has 1 rings (SSSR count). The van der Waals surface area contributed by atoms with Crippen molar-refractivity contribution in [3.63, 3.8) is 0 Å². The minimum atomic E-state index is 0.0995. The van der Waals surface area contributed by atoms with Gasteiger partial charge in [0.2, 0.25) is 5.91 Å². The average molecular weight is 167 g/mol. The van der Waals surface area contributed by atoms with Crippen LogP contribution >= 0.6 is 0 Å². The summed E-state index contributed by atoms with van der Waals surface area (Å²) in [4.78, 5) is 13.2. The number of hydrogen-bond donors (Lipinski definition) is 0. The number of nitrogens with zero attached hydrogens (tertiary/aromatic N) is 1. The quantitative estimate of drug-likeness (QED) is 0.574. The highest BCUT2D eigenvalue weighted by molar-refractivity contribution is 5.80. The van der Waals surface area contributed by atoms with Crippen LogP contribution in [-0.2, 0) is 4.79 Å². The summed E-state index contributed by atoms with van der Waals surface area (Å²) in [5.41, 5.74) is 1.33. The van der Waals surface area contributed by atoms with Gasteiger partial charge in [-0.3, -0.25) is 4.79 Å². The molecule has 0 fully saturated rings. The Morgan fingerprint density at radius 3 is 2.67 bits per heavy atom. The molecular formula is C10H17NO. The lowest BCUT2D eigenvalue weighted by Crippen LogP contribution is -2.28. The molecule has 0 spiro atoms. The fourth-order valence-corrected chi connectivity index (χ4v) is 1.63. The van der Waals surface area contributed by atoms with Gasteiger partial charge in [0, 0.05) is 14.1 Å². The zero-order valence-corrected chi connectivity index (χ0v) is 8.13. The van der Waals surface area contributed by atoms with Gasteiger partial charge in [-0.2, -0.15) is 0 Å². The molecule has 68 valence electrons. The van der Waals surface area contributed by atoms with Gasteiger partial charge in [0.1, 0.15) is 0 Å². The summed E-state index contributed by atoms with van der Waals surface area (Å²) in [6.45, 7) is 2.00. The summed E-state index contributed by atoms with van der Waals surface area (Å²) in [6, 6.07) is 0. The van der Waals surface area contributed by atoms with E-state index in [4.69, 9.17) is 0 Å². The van der Waals surface area contributed by atoms with Crippen molar-refractivity contribution in [2.24, 2.45) is 5.92 Å². The van der Waals surface area contributed by atoms with Crippen LogP contribution in [0.1, 0.15) is 26.2 Å². The fraction of sp³-hybridized carbons (Fsp3) is 0.700. The van der Waals surface area contributed by atoms with E-state index in [0.29, 0.717) is 0 Å². The van der Waals surface area contributed by atoms with Crippen LogP contribution in [-0.4, -0.2) is 24.9 Å². The van der Waals surface area contributed by atoms with E-state index in [1.165, 1.54) is 12.0 Å². The average Bonchev–Trinajstić information content (AvgIpc) is 2.53. The van der Waals surface area contributed by atoms with Crippen LogP contribution in [0.5, 0.6) is 0 Å². The molecule has 1 unspecified atom stereocenters. The van der Waals surface area contributed by atoms with Crippen molar-refractivity contribution in [2.45, 2.75) is 26.2 Å². The summed E-state index contributed by atoms with van der Waals surface area (Å²) in [6.07, 6.45) is 5.70.